The number of hydrogen-bond donors (Lipinski definition) is 1. The van der Waals surface area contributed by atoms with Crippen molar-refractivity contribution >= 4 is 11.6 Å². The third kappa shape index (κ3) is 2.61. The molecule has 1 amide bonds. The van der Waals surface area contributed by atoms with E-state index in [1.807, 2.05) is 11.8 Å². The molecule has 0 aliphatic carbocycles. The van der Waals surface area contributed by atoms with Crippen molar-refractivity contribution in [3.05, 3.63) is 24.0 Å². The molecule has 0 radical (unpaired) electrons. The zero-order valence-electron chi connectivity index (χ0n) is 10.8. The second-order valence-electron chi connectivity index (χ2n) is 4.35. The SMILES string of the molecule is CCNc1cnccc1C(=O)N1CCC(OC)C1. The van der Waals surface area contributed by atoms with Gasteiger partial charge in [0.2, 0.25) is 0 Å². The minimum absolute atomic E-state index is 0.0490. The van der Waals surface area contributed by atoms with E-state index in [2.05, 4.69) is 10.3 Å². The van der Waals surface area contributed by atoms with Crippen molar-refractivity contribution in [2.24, 2.45) is 0 Å². The second kappa shape index (κ2) is 5.82. The van der Waals surface area contributed by atoms with Crippen molar-refractivity contribution in [3.8, 4) is 0 Å². The van der Waals surface area contributed by atoms with Gasteiger partial charge in [0, 0.05) is 32.9 Å². The van der Waals surface area contributed by atoms with Crippen molar-refractivity contribution in [1.82, 2.24) is 9.88 Å². The molecule has 1 aromatic heterocycles. The first-order valence-corrected chi connectivity index (χ1v) is 6.26. The third-order valence-corrected chi connectivity index (χ3v) is 3.18. The highest BCUT2D eigenvalue weighted by molar-refractivity contribution is 5.99. The molecule has 2 heterocycles. The van der Waals surface area contributed by atoms with Gasteiger partial charge in [-0.2, -0.15) is 0 Å². The Morgan fingerprint density at radius 2 is 2.50 bits per heavy atom. The smallest absolute Gasteiger partial charge is 0.256 e. The summed E-state index contributed by atoms with van der Waals surface area (Å²) < 4.78 is 5.28. The lowest BCUT2D eigenvalue weighted by atomic mass is 10.2. The Morgan fingerprint density at radius 1 is 1.67 bits per heavy atom. The highest BCUT2D eigenvalue weighted by Gasteiger charge is 2.27. The monoisotopic (exact) mass is 249 g/mol. The molecule has 1 aromatic rings. The Bertz CT molecular complexity index is 422. The van der Waals surface area contributed by atoms with E-state index >= 15 is 0 Å². The van der Waals surface area contributed by atoms with Crippen LogP contribution < -0.4 is 5.32 Å². The van der Waals surface area contributed by atoms with E-state index in [1.165, 1.54) is 0 Å². The summed E-state index contributed by atoms with van der Waals surface area (Å²) in [7, 11) is 1.69. The van der Waals surface area contributed by atoms with Gasteiger partial charge in [0.05, 0.1) is 23.6 Å². The van der Waals surface area contributed by atoms with Crippen molar-refractivity contribution in [3.63, 3.8) is 0 Å². The van der Waals surface area contributed by atoms with E-state index in [9.17, 15) is 4.79 Å². The first-order valence-electron chi connectivity index (χ1n) is 6.26. The maximum absolute atomic E-state index is 12.4. The lowest BCUT2D eigenvalue weighted by Gasteiger charge is -2.18. The van der Waals surface area contributed by atoms with E-state index < -0.39 is 0 Å². The number of nitrogens with zero attached hydrogens (tertiary/aromatic N) is 2. The number of anilines is 1. The van der Waals surface area contributed by atoms with Gasteiger partial charge in [0.1, 0.15) is 0 Å². The summed E-state index contributed by atoms with van der Waals surface area (Å²) in [5.41, 5.74) is 1.48. The summed E-state index contributed by atoms with van der Waals surface area (Å²) in [5, 5.41) is 3.16. The lowest BCUT2D eigenvalue weighted by Crippen LogP contribution is -2.30. The molecule has 1 aliphatic heterocycles. The minimum atomic E-state index is 0.0490. The maximum Gasteiger partial charge on any atom is 0.256 e. The largest absolute Gasteiger partial charge is 0.383 e. The molecule has 1 fully saturated rings. The van der Waals surface area contributed by atoms with Crippen LogP contribution in [0.1, 0.15) is 23.7 Å². The number of pyridine rings is 1. The molecule has 0 aromatic carbocycles. The highest BCUT2D eigenvalue weighted by atomic mass is 16.5. The molecular weight excluding hydrogens is 230 g/mol. The van der Waals surface area contributed by atoms with Crippen LogP contribution in [-0.4, -0.2) is 48.6 Å². The molecule has 0 saturated carbocycles. The predicted molar refractivity (Wildman–Crippen MR) is 69.7 cm³/mol. The third-order valence-electron chi connectivity index (χ3n) is 3.18. The van der Waals surface area contributed by atoms with E-state index in [-0.39, 0.29) is 12.0 Å². The van der Waals surface area contributed by atoms with Crippen LogP contribution in [0.5, 0.6) is 0 Å². The standard InChI is InChI=1S/C13H19N3O2/c1-3-15-12-8-14-6-4-11(12)13(17)16-7-5-10(9-16)18-2/h4,6,8,10,15H,3,5,7,9H2,1-2H3. The molecule has 98 valence electrons. The number of carbonyl (C=O) groups excluding carboxylic acids is 1. The number of hydrogen-bond acceptors (Lipinski definition) is 4. The molecule has 18 heavy (non-hydrogen) atoms. The van der Waals surface area contributed by atoms with Gasteiger partial charge >= 0.3 is 0 Å². The first kappa shape index (κ1) is 12.8. The Kier molecular flexibility index (Phi) is 4.15. The second-order valence-corrected chi connectivity index (χ2v) is 4.35. The Balaban J connectivity index is 2.14. The van der Waals surface area contributed by atoms with E-state index in [4.69, 9.17) is 4.74 Å². The number of likely N-dealkylation sites (tertiary alicyclic amines) is 1. The average molecular weight is 249 g/mol. The van der Waals surface area contributed by atoms with Crippen molar-refractivity contribution < 1.29 is 9.53 Å². The topological polar surface area (TPSA) is 54.5 Å². The van der Waals surface area contributed by atoms with Gasteiger partial charge in [-0.1, -0.05) is 0 Å². The summed E-state index contributed by atoms with van der Waals surface area (Å²) in [5.74, 6) is 0.0490. The molecule has 1 N–H and O–H groups in total. The van der Waals surface area contributed by atoms with Crippen LogP contribution in [0.2, 0.25) is 0 Å². The average Bonchev–Trinajstić information content (AvgIpc) is 2.88. The number of rotatable bonds is 4. The van der Waals surface area contributed by atoms with Crippen LogP contribution >= 0.6 is 0 Å². The van der Waals surface area contributed by atoms with Crippen LogP contribution in [0.4, 0.5) is 5.69 Å². The zero-order valence-corrected chi connectivity index (χ0v) is 10.8. The van der Waals surface area contributed by atoms with E-state index in [0.29, 0.717) is 12.1 Å². The van der Waals surface area contributed by atoms with Gasteiger partial charge in [-0.3, -0.25) is 9.78 Å². The molecule has 1 aliphatic rings. The predicted octanol–water partition coefficient (Wildman–Crippen LogP) is 1.37. The number of amides is 1. The van der Waals surface area contributed by atoms with Gasteiger partial charge in [0.25, 0.3) is 5.91 Å². The van der Waals surface area contributed by atoms with E-state index in [0.717, 1.165) is 25.2 Å². The van der Waals surface area contributed by atoms with Crippen LogP contribution in [-0.2, 0) is 4.74 Å². The highest BCUT2D eigenvalue weighted by Crippen LogP contribution is 2.20. The summed E-state index contributed by atoms with van der Waals surface area (Å²) >= 11 is 0. The molecule has 1 unspecified atom stereocenters. The van der Waals surface area contributed by atoms with E-state index in [1.54, 1.807) is 25.6 Å². The van der Waals surface area contributed by atoms with Crippen LogP contribution in [0, 0.1) is 0 Å². The van der Waals surface area contributed by atoms with Gasteiger partial charge in [0.15, 0.2) is 0 Å². The Hall–Kier alpha value is -1.62. The fourth-order valence-corrected chi connectivity index (χ4v) is 2.19. The summed E-state index contributed by atoms with van der Waals surface area (Å²) in [6.45, 7) is 4.19. The molecule has 1 atom stereocenters. The molecule has 2 rings (SSSR count). The van der Waals surface area contributed by atoms with Crippen LogP contribution in [0.25, 0.3) is 0 Å². The van der Waals surface area contributed by atoms with Crippen LogP contribution in [0.15, 0.2) is 18.5 Å². The quantitative estimate of drug-likeness (QED) is 0.875. The molecule has 0 spiro atoms. The molecule has 1 saturated heterocycles. The fraction of sp³-hybridized carbons (Fsp3) is 0.538. The van der Waals surface area contributed by atoms with Crippen molar-refractivity contribution in [1.29, 1.82) is 0 Å². The lowest BCUT2D eigenvalue weighted by molar-refractivity contribution is 0.0725. The number of carbonyl (C=O) groups is 1. The van der Waals surface area contributed by atoms with Crippen molar-refractivity contribution in [2.75, 3.05) is 32.1 Å². The number of methoxy groups -OCH3 is 1. The van der Waals surface area contributed by atoms with Gasteiger partial charge in [-0.15, -0.1) is 0 Å². The van der Waals surface area contributed by atoms with Crippen LogP contribution in [0.3, 0.4) is 0 Å². The maximum atomic E-state index is 12.4. The van der Waals surface area contributed by atoms with Crippen molar-refractivity contribution in [2.45, 2.75) is 19.4 Å². The summed E-state index contributed by atoms with van der Waals surface area (Å²) in [6, 6.07) is 1.76. The van der Waals surface area contributed by atoms with Gasteiger partial charge < -0.3 is 15.0 Å². The molecule has 5 heteroatoms. The fourth-order valence-electron chi connectivity index (χ4n) is 2.19. The first-order chi connectivity index (χ1) is 8.76. The summed E-state index contributed by atoms with van der Waals surface area (Å²) in [4.78, 5) is 18.3. The minimum Gasteiger partial charge on any atom is -0.383 e. The summed E-state index contributed by atoms with van der Waals surface area (Å²) in [6.07, 6.45) is 4.42. The normalized spacial score (nSPS) is 19.0. The number of aromatic nitrogens is 1. The number of nitrogens with one attached hydrogen (secondary N) is 1. The molecule has 5 nitrogen and oxygen atoms in total. The Morgan fingerprint density at radius 3 is 3.17 bits per heavy atom. The Labute approximate surface area is 107 Å². The molecular formula is C13H19N3O2. The number of ether oxygens (including phenoxy) is 1. The zero-order chi connectivity index (χ0) is 13.0. The molecule has 0 bridgehead atoms. The van der Waals surface area contributed by atoms with Gasteiger partial charge in [-0.05, 0) is 19.4 Å². The van der Waals surface area contributed by atoms with Gasteiger partial charge in [-0.25, -0.2) is 0 Å².